The first kappa shape index (κ1) is 15.5. The number of pyridine rings is 1. The fraction of sp³-hybridized carbons (Fsp3) is 0.375. The second-order valence-corrected chi connectivity index (χ2v) is 6.26. The third-order valence-corrected chi connectivity index (χ3v) is 4.33. The fourth-order valence-electron chi connectivity index (χ4n) is 2.00. The van der Waals surface area contributed by atoms with E-state index >= 15 is 0 Å². The summed E-state index contributed by atoms with van der Waals surface area (Å²) in [6, 6.07) is 7.67. The molecule has 1 unspecified atom stereocenters. The molecule has 0 saturated carbocycles. The van der Waals surface area contributed by atoms with Gasteiger partial charge in [0.1, 0.15) is 5.82 Å². The summed E-state index contributed by atoms with van der Waals surface area (Å²) in [5.74, 6) is 0.923. The second-order valence-electron chi connectivity index (χ2n) is 5.28. The molecule has 0 aliphatic carbocycles. The number of amides is 1. The van der Waals surface area contributed by atoms with Crippen molar-refractivity contribution in [2.24, 2.45) is 0 Å². The van der Waals surface area contributed by atoms with Crippen LogP contribution >= 0.6 is 11.3 Å². The Morgan fingerprint density at radius 1 is 1.29 bits per heavy atom. The SMILES string of the molecule is CNc1cc(C(=O)NC(C)c2cccs2)cc(C(C)C)n1. The lowest BCUT2D eigenvalue weighted by molar-refractivity contribution is 0.0940. The zero-order valence-electron chi connectivity index (χ0n) is 12.8. The van der Waals surface area contributed by atoms with Crippen LogP contribution in [0.15, 0.2) is 29.6 Å². The monoisotopic (exact) mass is 303 g/mol. The van der Waals surface area contributed by atoms with Crippen molar-refractivity contribution in [2.45, 2.75) is 32.7 Å². The molecular formula is C16H21N3OS. The lowest BCUT2D eigenvalue weighted by Crippen LogP contribution is -2.26. The van der Waals surface area contributed by atoms with Crippen molar-refractivity contribution in [1.82, 2.24) is 10.3 Å². The smallest absolute Gasteiger partial charge is 0.251 e. The molecule has 2 rings (SSSR count). The average molecular weight is 303 g/mol. The van der Waals surface area contributed by atoms with Gasteiger partial charge < -0.3 is 10.6 Å². The highest BCUT2D eigenvalue weighted by atomic mass is 32.1. The van der Waals surface area contributed by atoms with Crippen molar-refractivity contribution in [2.75, 3.05) is 12.4 Å². The van der Waals surface area contributed by atoms with Gasteiger partial charge in [-0.2, -0.15) is 0 Å². The highest BCUT2D eigenvalue weighted by Crippen LogP contribution is 2.21. The fourth-order valence-corrected chi connectivity index (χ4v) is 2.73. The lowest BCUT2D eigenvalue weighted by Gasteiger charge is -2.14. The summed E-state index contributed by atoms with van der Waals surface area (Å²) in [5.41, 5.74) is 1.55. The van der Waals surface area contributed by atoms with Gasteiger partial charge in [0.05, 0.1) is 6.04 Å². The molecule has 0 aliphatic heterocycles. The summed E-state index contributed by atoms with van der Waals surface area (Å²) < 4.78 is 0. The van der Waals surface area contributed by atoms with Gasteiger partial charge >= 0.3 is 0 Å². The van der Waals surface area contributed by atoms with Crippen molar-refractivity contribution in [3.63, 3.8) is 0 Å². The Morgan fingerprint density at radius 2 is 2.05 bits per heavy atom. The zero-order valence-corrected chi connectivity index (χ0v) is 13.6. The van der Waals surface area contributed by atoms with Crippen LogP contribution in [-0.2, 0) is 0 Å². The van der Waals surface area contributed by atoms with Crippen molar-refractivity contribution >= 4 is 23.1 Å². The van der Waals surface area contributed by atoms with Gasteiger partial charge in [-0.1, -0.05) is 19.9 Å². The molecule has 0 saturated heterocycles. The Morgan fingerprint density at radius 3 is 2.62 bits per heavy atom. The van der Waals surface area contributed by atoms with Crippen molar-refractivity contribution < 1.29 is 4.79 Å². The molecule has 1 amide bonds. The van der Waals surface area contributed by atoms with Crippen LogP contribution in [0.2, 0.25) is 0 Å². The van der Waals surface area contributed by atoms with Crippen LogP contribution in [0.1, 0.15) is 53.7 Å². The number of carbonyl (C=O) groups is 1. The van der Waals surface area contributed by atoms with E-state index in [0.29, 0.717) is 5.56 Å². The van der Waals surface area contributed by atoms with E-state index in [0.717, 1.165) is 16.4 Å². The van der Waals surface area contributed by atoms with Gasteiger partial charge in [0.15, 0.2) is 0 Å². The summed E-state index contributed by atoms with van der Waals surface area (Å²) in [6.45, 7) is 6.13. The normalized spacial score (nSPS) is 12.2. The van der Waals surface area contributed by atoms with Crippen LogP contribution in [0.3, 0.4) is 0 Å². The number of hydrogen-bond donors (Lipinski definition) is 2. The molecule has 2 heterocycles. The zero-order chi connectivity index (χ0) is 15.4. The Balaban J connectivity index is 2.20. The van der Waals surface area contributed by atoms with Gasteiger partial charge in [-0.05, 0) is 36.4 Å². The van der Waals surface area contributed by atoms with Crippen LogP contribution in [0.25, 0.3) is 0 Å². The predicted octanol–water partition coefficient (Wildman–Crippen LogP) is 3.80. The number of aromatic nitrogens is 1. The van der Waals surface area contributed by atoms with Crippen LogP contribution in [-0.4, -0.2) is 17.9 Å². The molecule has 2 aromatic rings. The van der Waals surface area contributed by atoms with Crippen molar-refractivity contribution in [3.8, 4) is 0 Å². The summed E-state index contributed by atoms with van der Waals surface area (Å²) >= 11 is 1.64. The molecule has 4 nitrogen and oxygen atoms in total. The van der Waals surface area contributed by atoms with Crippen molar-refractivity contribution in [1.29, 1.82) is 0 Å². The topological polar surface area (TPSA) is 54.0 Å². The van der Waals surface area contributed by atoms with E-state index < -0.39 is 0 Å². The molecule has 0 fully saturated rings. The molecule has 2 aromatic heterocycles. The maximum atomic E-state index is 12.4. The van der Waals surface area contributed by atoms with E-state index in [2.05, 4.69) is 29.5 Å². The van der Waals surface area contributed by atoms with E-state index in [-0.39, 0.29) is 17.9 Å². The van der Waals surface area contributed by atoms with Crippen LogP contribution in [0.5, 0.6) is 0 Å². The lowest BCUT2D eigenvalue weighted by atomic mass is 10.1. The van der Waals surface area contributed by atoms with Gasteiger partial charge in [-0.25, -0.2) is 4.98 Å². The molecule has 112 valence electrons. The largest absolute Gasteiger partial charge is 0.373 e. The van der Waals surface area contributed by atoms with E-state index in [4.69, 9.17) is 0 Å². The highest BCUT2D eigenvalue weighted by Gasteiger charge is 2.15. The maximum Gasteiger partial charge on any atom is 0.251 e. The number of rotatable bonds is 5. The first-order valence-corrected chi connectivity index (χ1v) is 7.93. The summed E-state index contributed by atoms with van der Waals surface area (Å²) in [6.07, 6.45) is 0. The Hall–Kier alpha value is -1.88. The van der Waals surface area contributed by atoms with Crippen molar-refractivity contribution in [3.05, 3.63) is 45.8 Å². The summed E-state index contributed by atoms with van der Waals surface area (Å²) in [7, 11) is 1.81. The van der Waals surface area contributed by atoms with Gasteiger partial charge in [0.2, 0.25) is 0 Å². The average Bonchev–Trinajstić information content (AvgIpc) is 3.00. The predicted molar refractivity (Wildman–Crippen MR) is 88.1 cm³/mol. The molecule has 2 N–H and O–H groups in total. The van der Waals surface area contributed by atoms with E-state index in [1.165, 1.54) is 0 Å². The number of anilines is 1. The van der Waals surface area contributed by atoms with Gasteiger partial charge in [-0.3, -0.25) is 4.79 Å². The molecule has 0 aliphatic rings. The molecule has 0 bridgehead atoms. The number of thiophene rings is 1. The molecule has 5 heteroatoms. The molecule has 0 radical (unpaired) electrons. The standard InChI is InChI=1S/C16H21N3OS/c1-10(2)13-8-12(9-15(17-4)19-13)16(20)18-11(3)14-6-5-7-21-14/h5-11H,1-4H3,(H,17,19)(H,18,20). The van der Waals surface area contributed by atoms with Gasteiger partial charge in [0.25, 0.3) is 5.91 Å². The number of carbonyl (C=O) groups excluding carboxylic acids is 1. The third-order valence-electron chi connectivity index (χ3n) is 3.27. The molecule has 0 spiro atoms. The Bertz CT molecular complexity index is 608. The first-order valence-electron chi connectivity index (χ1n) is 7.05. The summed E-state index contributed by atoms with van der Waals surface area (Å²) in [5, 5.41) is 8.06. The van der Waals surface area contributed by atoms with E-state index in [1.807, 2.05) is 37.6 Å². The summed E-state index contributed by atoms with van der Waals surface area (Å²) in [4.78, 5) is 18.1. The molecule has 1 atom stereocenters. The molecular weight excluding hydrogens is 282 g/mol. The first-order chi connectivity index (χ1) is 10.0. The van der Waals surface area contributed by atoms with Gasteiger partial charge in [-0.15, -0.1) is 11.3 Å². The minimum atomic E-state index is -0.0725. The van der Waals surface area contributed by atoms with Crippen LogP contribution in [0.4, 0.5) is 5.82 Å². The Labute approximate surface area is 129 Å². The van der Waals surface area contributed by atoms with Crippen LogP contribution < -0.4 is 10.6 Å². The van der Waals surface area contributed by atoms with E-state index in [9.17, 15) is 4.79 Å². The molecule has 0 aromatic carbocycles. The maximum absolute atomic E-state index is 12.4. The number of nitrogens with zero attached hydrogens (tertiary/aromatic N) is 1. The minimum absolute atomic E-state index is 0.00574. The second kappa shape index (κ2) is 6.72. The molecule has 21 heavy (non-hydrogen) atoms. The minimum Gasteiger partial charge on any atom is -0.373 e. The van der Waals surface area contributed by atoms with E-state index in [1.54, 1.807) is 17.4 Å². The van der Waals surface area contributed by atoms with Crippen LogP contribution in [0, 0.1) is 0 Å². The third kappa shape index (κ3) is 3.82. The Kier molecular flexibility index (Phi) is 4.96. The number of hydrogen-bond acceptors (Lipinski definition) is 4. The quantitative estimate of drug-likeness (QED) is 0.883. The van der Waals surface area contributed by atoms with Gasteiger partial charge in [0, 0.05) is 23.2 Å². The number of nitrogens with one attached hydrogen (secondary N) is 2. The highest BCUT2D eigenvalue weighted by molar-refractivity contribution is 7.10.